The van der Waals surface area contributed by atoms with Crippen molar-refractivity contribution in [2.45, 2.75) is 64.1 Å². The maximum Gasteiger partial charge on any atom is 0.260 e. The summed E-state index contributed by atoms with van der Waals surface area (Å²) in [4.78, 5) is 25.7. The summed E-state index contributed by atoms with van der Waals surface area (Å²) >= 11 is 0. The lowest BCUT2D eigenvalue weighted by atomic mass is 9.92. The highest BCUT2D eigenvalue weighted by Crippen LogP contribution is 2.32. The molecule has 8 heteroatoms. The number of nitrogens with one attached hydrogen (secondary N) is 1. The maximum absolute atomic E-state index is 13.9. The van der Waals surface area contributed by atoms with Crippen LogP contribution in [-0.2, 0) is 11.3 Å². The zero-order chi connectivity index (χ0) is 23.5. The predicted octanol–water partition coefficient (Wildman–Crippen LogP) is 3.46. The second-order valence-electron chi connectivity index (χ2n) is 9.62. The zero-order valence-electron chi connectivity index (χ0n) is 20.0. The Morgan fingerprint density at radius 2 is 1.91 bits per heavy atom. The quantitative estimate of drug-likeness (QED) is 0.408. The first kappa shape index (κ1) is 23.2. The third kappa shape index (κ3) is 4.80. The average Bonchev–Trinajstić information content (AvgIpc) is 2.86. The first-order valence-corrected chi connectivity index (χ1v) is 12.7. The number of aliphatic hydroxyl groups excluding tert-OH is 1. The molecule has 8 nitrogen and oxygen atoms in total. The monoisotopic (exact) mass is 465 g/mol. The van der Waals surface area contributed by atoms with E-state index in [1.807, 2.05) is 16.8 Å². The van der Waals surface area contributed by atoms with Gasteiger partial charge >= 0.3 is 0 Å². The molecule has 1 saturated carbocycles. The van der Waals surface area contributed by atoms with Gasteiger partial charge in [-0.05, 0) is 49.1 Å². The molecule has 5 rings (SSSR count). The number of hydrogen-bond acceptors (Lipinski definition) is 7. The lowest BCUT2D eigenvalue weighted by Gasteiger charge is -2.28. The molecule has 3 heterocycles. The Balaban J connectivity index is 1.60. The summed E-state index contributed by atoms with van der Waals surface area (Å²) in [6, 6.07) is 6.25. The fourth-order valence-electron chi connectivity index (χ4n) is 5.21. The van der Waals surface area contributed by atoms with Crippen molar-refractivity contribution in [3.63, 3.8) is 0 Å². The van der Waals surface area contributed by atoms with E-state index < -0.39 is 0 Å². The molecule has 1 aromatic carbocycles. The third-order valence-electron chi connectivity index (χ3n) is 7.17. The average molecular weight is 466 g/mol. The van der Waals surface area contributed by atoms with Crippen LogP contribution in [0, 0.1) is 0 Å². The van der Waals surface area contributed by atoms with Crippen molar-refractivity contribution in [2.24, 2.45) is 0 Å². The summed E-state index contributed by atoms with van der Waals surface area (Å²) in [7, 11) is 0. The minimum absolute atomic E-state index is 0.00549. The van der Waals surface area contributed by atoms with Gasteiger partial charge in [0.05, 0.1) is 19.3 Å². The zero-order valence-corrected chi connectivity index (χ0v) is 20.0. The van der Waals surface area contributed by atoms with Gasteiger partial charge in [0.25, 0.3) is 5.56 Å². The summed E-state index contributed by atoms with van der Waals surface area (Å²) in [5.41, 5.74) is 1.83. The number of aromatic nitrogens is 3. The van der Waals surface area contributed by atoms with Gasteiger partial charge < -0.3 is 15.2 Å². The molecule has 3 aromatic rings. The molecule has 0 spiro atoms. The Bertz CT molecular complexity index is 1200. The number of fused-ring (bicyclic) bond motifs is 3. The van der Waals surface area contributed by atoms with Crippen LogP contribution in [0.1, 0.15) is 57.1 Å². The molecule has 0 bridgehead atoms. The van der Waals surface area contributed by atoms with E-state index in [1.54, 1.807) is 0 Å². The fraction of sp³-hybridized carbons (Fsp3) is 0.577. The molecule has 2 fully saturated rings. The van der Waals surface area contributed by atoms with E-state index in [0.717, 1.165) is 86.8 Å². The smallest absolute Gasteiger partial charge is 0.260 e. The van der Waals surface area contributed by atoms with Crippen LogP contribution in [0.5, 0.6) is 0 Å². The molecule has 0 amide bonds. The summed E-state index contributed by atoms with van der Waals surface area (Å²) in [6.07, 6.45) is 6.68. The Morgan fingerprint density at radius 1 is 1.12 bits per heavy atom. The van der Waals surface area contributed by atoms with Crippen LogP contribution in [0.2, 0.25) is 0 Å². The van der Waals surface area contributed by atoms with Gasteiger partial charge in [-0.2, -0.15) is 4.98 Å². The van der Waals surface area contributed by atoms with Crippen LogP contribution >= 0.6 is 0 Å². The van der Waals surface area contributed by atoms with Gasteiger partial charge in [-0.15, -0.1) is 0 Å². The Kier molecular flexibility index (Phi) is 7.08. The van der Waals surface area contributed by atoms with E-state index in [9.17, 15) is 9.90 Å². The number of unbranched alkanes of at least 4 members (excludes halogenated alkanes) is 1. The highest BCUT2D eigenvalue weighted by Gasteiger charge is 2.25. The Hall–Kier alpha value is -2.55. The number of benzene rings is 1. The molecular weight excluding hydrogens is 430 g/mol. The van der Waals surface area contributed by atoms with Crippen LogP contribution < -0.4 is 10.9 Å². The minimum Gasteiger partial charge on any atom is -0.393 e. The molecule has 1 saturated heterocycles. The van der Waals surface area contributed by atoms with E-state index in [2.05, 4.69) is 34.3 Å². The van der Waals surface area contributed by atoms with E-state index in [-0.39, 0.29) is 17.7 Å². The number of pyridine rings is 1. The second-order valence-corrected chi connectivity index (χ2v) is 9.62. The molecular formula is C26H35N5O3. The first-order valence-electron chi connectivity index (χ1n) is 12.7. The molecule has 34 heavy (non-hydrogen) atoms. The van der Waals surface area contributed by atoms with Crippen LogP contribution in [-0.4, -0.2) is 63.5 Å². The van der Waals surface area contributed by atoms with Crippen molar-refractivity contribution in [3.8, 4) is 0 Å². The molecule has 0 atom stereocenters. The van der Waals surface area contributed by atoms with Crippen molar-refractivity contribution in [2.75, 3.05) is 38.2 Å². The van der Waals surface area contributed by atoms with Crippen LogP contribution in [0.25, 0.3) is 21.8 Å². The van der Waals surface area contributed by atoms with Crippen molar-refractivity contribution in [1.82, 2.24) is 19.4 Å². The number of ether oxygens (including phenoxy) is 1. The van der Waals surface area contributed by atoms with Gasteiger partial charge in [-0.25, -0.2) is 4.98 Å². The normalized spacial score (nSPS) is 21.8. The van der Waals surface area contributed by atoms with Gasteiger partial charge in [0.1, 0.15) is 5.65 Å². The second kappa shape index (κ2) is 10.4. The number of hydrogen-bond donors (Lipinski definition) is 2. The van der Waals surface area contributed by atoms with E-state index >= 15 is 0 Å². The van der Waals surface area contributed by atoms with Gasteiger partial charge in [0, 0.05) is 49.2 Å². The van der Waals surface area contributed by atoms with Gasteiger partial charge in [0.15, 0.2) is 0 Å². The lowest BCUT2D eigenvalue weighted by Crippen LogP contribution is -2.35. The van der Waals surface area contributed by atoms with E-state index in [0.29, 0.717) is 24.4 Å². The van der Waals surface area contributed by atoms with E-state index in [1.165, 1.54) is 0 Å². The highest BCUT2D eigenvalue weighted by atomic mass is 16.5. The predicted molar refractivity (Wildman–Crippen MR) is 134 cm³/mol. The molecule has 0 unspecified atom stereocenters. The summed E-state index contributed by atoms with van der Waals surface area (Å²) in [5.74, 6) is 0.563. The molecule has 1 aliphatic carbocycles. The van der Waals surface area contributed by atoms with Crippen molar-refractivity contribution in [3.05, 3.63) is 40.3 Å². The molecule has 2 aromatic heterocycles. The standard InChI is InChI=1S/C26H35N5O3/c1-2-3-10-27-26-28-16-23-21-9-4-18(17-30-11-13-34-14-12-30)15-22(21)25(33)31(24(23)29-26)19-5-7-20(32)8-6-19/h4,9,15-16,19-20,32H,2-3,5-8,10-14,17H2,1H3,(H,27,28,29)/t19-,20-. The number of anilines is 1. The van der Waals surface area contributed by atoms with Crippen molar-refractivity contribution < 1.29 is 9.84 Å². The molecule has 2 N–H and O–H groups in total. The maximum atomic E-state index is 13.9. The van der Waals surface area contributed by atoms with Crippen LogP contribution in [0.4, 0.5) is 5.95 Å². The summed E-state index contributed by atoms with van der Waals surface area (Å²) < 4.78 is 7.36. The third-order valence-corrected chi connectivity index (χ3v) is 7.17. The van der Waals surface area contributed by atoms with E-state index in [4.69, 9.17) is 9.72 Å². The Morgan fingerprint density at radius 3 is 2.68 bits per heavy atom. The van der Waals surface area contributed by atoms with Crippen LogP contribution in [0.15, 0.2) is 29.2 Å². The summed E-state index contributed by atoms with van der Waals surface area (Å²) in [5, 5.41) is 15.9. The van der Waals surface area contributed by atoms with Crippen LogP contribution in [0.3, 0.4) is 0 Å². The molecule has 0 radical (unpaired) electrons. The van der Waals surface area contributed by atoms with Crippen molar-refractivity contribution in [1.29, 1.82) is 0 Å². The summed E-state index contributed by atoms with van der Waals surface area (Å²) in [6.45, 7) is 7.09. The SMILES string of the molecule is CCCCNc1ncc2c3ccc(CN4CCOCC4)cc3c(=O)n([C@H]3CC[C@H](O)CC3)c2n1. The van der Waals surface area contributed by atoms with Gasteiger partial charge in [0.2, 0.25) is 5.95 Å². The number of aliphatic hydroxyl groups is 1. The lowest BCUT2D eigenvalue weighted by molar-refractivity contribution is 0.0342. The number of morpholine rings is 1. The minimum atomic E-state index is -0.278. The Labute approximate surface area is 200 Å². The number of nitrogens with zero attached hydrogens (tertiary/aromatic N) is 4. The fourth-order valence-corrected chi connectivity index (χ4v) is 5.21. The first-order chi connectivity index (χ1) is 16.6. The highest BCUT2D eigenvalue weighted by molar-refractivity contribution is 6.04. The van der Waals surface area contributed by atoms with Gasteiger partial charge in [-0.3, -0.25) is 14.3 Å². The topological polar surface area (TPSA) is 92.5 Å². The van der Waals surface area contributed by atoms with Crippen molar-refractivity contribution >= 4 is 27.8 Å². The van der Waals surface area contributed by atoms with Gasteiger partial charge in [-0.1, -0.05) is 25.5 Å². The number of rotatable bonds is 7. The molecule has 182 valence electrons. The molecule has 1 aliphatic heterocycles. The molecule has 2 aliphatic rings. The largest absolute Gasteiger partial charge is 0.393 e.